The summed E-state index contributed by atoms with van der Waals surface area (Å²) in [6, 6.07) is 15.9. The first-order chi connectivity index (χ1) is 14.5. The maximum atomic E-state index is 12.4. The lowest BCUT2D eigenvalue weighted by molar-refractivity contribution is -0.116. The molecule has 0 aliphatic heterocycles. The number of anilines is 2. The van der Waals surface area contributed by atoms with Gasteiger partial charge in [-0.2, -0.15) is 0 Å². The largest absolute Gasteiger partial charge is 0.399 e. The summed E-state index contributed by atoms with van der Waals surface area (Å²) in [6.07, 6.45) is 5.98. The van der Waals surface area contributed by atoms with Gasteiger partial charge in [-0.05, 0) is 48.1 Å². The SMILES string of the molecule is CC(C)CC(=O)Nc1nc2c(nc1C=Cc1ccccc1)-c1ccc(N)cc1CC2. The standard InChI is InChI=1S/C25H26N4O/c1-16(2)14-23(30)29-25-22(12-8-17-6-4-3-5-7-17)27-24-20-11-10-19(26)15-18(20)9-13-21(24)28-25/h3-8,10-12,15-16H,9,13-14,26H2,1-2H3,(H,28,29,30). The molecule has 1 aromatic heterocycles. The Bertz CT molecular complexity index is 1100. The Labute approximate surface area is 177 Å². The highest BCUT2D eigenvalue weighted by molar-refractivity contribution is 5.92. The summed E-state index contributed by atoms with van der Waals surface area (Å²) in [7, 11) is 0. The van der Waals surface area contributed by atoms with Gasteiger partial charge in [0.1, 0.15) is 5.69 Å². The Morgan fingerprint density at radius 2 is 1.90 bits per heavy atom. The number of hydrogen-bond acceptors (Lipinski definition) is 4. The fourth-order valence-corrected chi connectivity index (χ4v) is 3.68. The van der Waals surface area contributed by atoms with E-state index in [0.29, 0.717) is 17.9 Å². The molecule has 3 N–H and O–H groups in total. The highest BCUT2D eigenvalue weighted by Crippen LogP contribution is 2.34. The number of carbonyl (C=O) groups is 1. The predicted octanol–water partition coefficient (Wildman–Crippen LogP) is 4.98. The molecule has 3 aromatic rings. The third-order valence-corrected chi connectivity index (χ3v) is 5.10. The average Bonchev–Trinajstić information content (AvgIpc) is 2.72. The number of aromatic nitrogens is 2. The number of nitrogens with two attached hydrogens (primary N) is 1. The van der Waals surface area contributed by atoms with Gasteiger partial charge in [-0.1, -0.05) is 56.3 Å². The van der Waals surface area contributed by atoms with Crippen LogP contribution in [0.3, 0.4) is 0 Å². The number of nitrogen functional groups attached to an aromatic ring is 1. The number of carbonyl (C=O) groups excluding carboxylic acids is 1. The van der Waals surface area contributed by atoms with E-state index in [-0.39, 0.29) is 11.8 Å². The Morgan fingerprint density at radius 1 is 1.10 bits per heavy atom. The fourth-order valence-electron chi connectivity index (χ4n) is 3.68. The van der Waals surface area contributed by atoms with E-state index < -0.39 is 0 Å². The molecule has 1 aliphatic carbocycles. The minimum atomic E-state index is -0.0439. The average molecular weight is 399 g/mol. The van der Waals surface area contributed by atoms with Crippen LogP contribution < -0.4 is 11.1 Å². The van der Waals surface area contributed by atoms with Crippen molar-refractivity contribution in [3.8, 4) is 11.3 Å². The summed E-state index contributed by atoms with van der Waals surface area (Å²) in [5.41, 5.74) is 12.5. The number of amides is 1. The molecule has 1 amide bonds. The van der Waals surface area contributed by atoms with Gasteiger partial charge in [-0.25, -0.2) is 9.97 Å². The molecule has 0 fully saturated rings. The predicted molar refractivity (Wildman–Crippen MR) is 123 cm³/mol. The lowest BCUT2D eigenvalue weighted by Crippen LogP contribution is -2.18. The third-order valence-electron chi connectivity index (χ3n) is 5.10. The molecule has 1 heterocycles. The molecule has 0 unspecified atom stereocenters. The van der Waals surface area contributed by atoms with E-state index >= 15 is 0 Å². The first-order valence-corrected chi connectivity index (χ1v) is 10.3. The first kappa shape index (κ1) is 19.8. The molecule has 0 radical (unpaired) electrons. The minimum absolute atomic E-state index is 0.0439. The smallest absolute Gasteiger partial charge is 0.225 e. The van der Waals surface area contributed by atoms with Crippen molar-refractivity contribution in [2.45, 2.75) is 33.1 Å². The summed E-state index contributed by atoms with van der Waals surface area (Å²) >= 11 is 0. The van der Waals surface area contributed by atoms with Crippen molar-refractivity contribution >= 4 is 29.6 Å². The maximum absolute atomic E-state index is 12.4. The van der Waals surface area contributed by atoms with Crippen LogP contribution in [0.25, 0.3) is 23.4 Å². The van der Waals surface area contributed by atoms with Crippen LogP contribution in [0.5, 0.6) is 0 Å². The van der Waals surface area contributed by atoms with Gasteiger partial charge in [0.2, 0.25) is 5.91 Å². The number of nitrogens with zero attached hydrogens (tertiary/aromatic N) is 2. The van der Waals surface area contributed by atoms with Crippen LogP contribution in [0.1, 0.15) is 42.8 Å². The van der Waals surface area contributed by atoms with Crippen LogP contribution in [0.2, 0.25) is 0 Å². The summed E-state index contributed by atoms with van der Waals surface area (Å²) in [5, 5.41) is 2.98. The molecule has 1 aliphatic rings. The van der Waals surface area contributed by atoms with Gasteiger partial charge in [0.15, 0.2) is 5.82 Å². The normalized spacial score (nSPS) is 12.6. The maximum Gasteiger partial charge on any atom is 0.225 e. The molecular formula is C25H26N4O. The second-order valence-electron chi connectivity index (χ2n) is 8.06. The number of rotatable bonds is 5. The Morgan fingerprint density at radius 3 is 2.67 bits per heavy atom. The van der Waals surface area contributed by atoms with Crippen molar-refractivity contribution in [2.24, 2.45) is 5.92 Å². The zero-order valence-corrected chi connectivity index (χ0v) is 17.4. The molecule has 0 spiro atoms. The van der Waals surface area contributed by atoms with Gasteiger partial charge >= 0.3 is 0 Å². The van der Waals surface area contributed by atoms with Crippen molar-refractivity contribution in [1.29, 1.82) is 0 Å². The van der Waals surface area contributed by atoms with E-state index in [0.717, 1.165) is 41.0 Å². The second kappa shape index (κ2) is 8.49. The second-order valence-corrected chi connectivity index (χ2v) is 8.06. The summed E-state index contributed by atoms with van der Waals surface area (Å²) in [5.74, 6) is 0.749. The number of nitrogens with one attached hydrogen (secondary N) is 1. The first-order valence-electron chi connectivity index (χ1n) is 10.3. The van der Waals surface area contributed by atoms with Gasteiger partial charge < -0.3 is 11.1 Å². The Hall–Kier alpha value is -3.47. The van der Waals surface area contributed by atoms with Crippen molar-refractivity contribution in [1.82, 2.24) is 9.97 Å². The molecule has 0 atom stereocenters. The van der Waals surface area contributed by atoms with E-state index in [4.69, 9.17) is 15.7 Å². The van der Waals surface area contributed by atoms with Crippen molar-refractivity contribution in [3.63, 3.8) is 0 Å². The molecule has 0 saturated carbocycles. The zero-order chi connectivity index (χ0) is 21.1. The highest BCUT2D eigenvalue weighted by atomic mass is 16.1. The van der Waals surface area contributed by atoms with Gasteiger partial charge in [0.05, 0.1) is 11.4 Å². The molecule has 5 heteroatoms. The van der Waals surface area contributed by atoms with E-state index in [1.165, 1.54) is 5.56 Å². The monoisotopic (exact) mass is 398 g/mol. The van der Waals surface area contributed by atoms with Crippen LogP contribution in [-0.2, 0) is 17.6 Å². The highest BCUT2D eigenvalue weighted by Gasteiger charge is 2.22. The quantitative estimate of drug-likeness (QED) is 0.594. The summed E-state index contributed by atoms with van der Waals surface area (Å²) in [4.78, 5) is 22.2. The van der Waals surface area contributed by atoms with E-state index in [9.17, 15) is 4.79 Å². The zero-order valence-electron chi connectivity index (χ0n) is 17.4. The summed E-state index contributed by atoms with van der Waals surface area (Å²) in [6.45, 7) is 4.05. The van der Waals surface area contributed by atoms with E-state index in [1.807, 2.05) is 74.5 Å². The lowest BCUT2D eigenvalue weighted by Gasteiger charge is -2.20. The molecule has 5 nitrogen and oxygen atoms in total. The number of benzene rings is 2. The van der Waals surface area contributed by atoms with Gasteiger partial charge in [-0.3, -0.25) is 4.79 Å². The van der Waals surface area contributed by atoms with Crippen molar-refractivity contribution in [2.75, 3.05) is 11.1 Å². The van der Waals surface area contributed by atoms with Crippen molar-refractivity contribution < 1.29 is 4.79 Å². The summed E-state index contributed by atoms with van der Waals surface area (Å²) < 4.78 is 0. The number of aryl methyl sites for hydroxylation is 2. The molecule has 0 saturated heterocycles. The third kappa shape index (κ3) is 4.40. The minimum Gasteiger partial charge on any atom is -0.399 e. The van der Waals surface area contributed by atoms with Crippen LogP contribution in [0.15, 0.2) is 48.5 Å². The molecule has 4 rings (SSSR count). The van der Waals surface area contributed by atoms with Crippen LogP contribution in [-0.4, -0.2) is 15.9 Å². The number of hydrogen-bond donors (Lipinski definition) is 2. The van der Waals surface area contributed by atoms with Crippen LogP contribution in [0.4, 0.5) is 11.5 Å². The molecule has 2 aromatic carbocycles. The van der Waals surface area contributed by atoms with Gasteiger partial charge in [0.25, 0.3) is 0 Å². The van der Waals surface area contributed by atoms with Gasteiger partial charge in [0, 0.05) is 17.7 Å². The molecular weight excluding hydrogens is 372 g/mol. The van der Waals surface area contributed by atoms with Crippen LogP contribution >= 0.6 is 0 Å². The molecule has 0 bridgehead atoms. The number of fused-ring (bicyclic) bond motifs is 3. The van der Waals surface area contributed by atoms with E-state index in [1.54, 1.807) is 0 Å². The fraction of sp³-hybridized carbons (Fsp3) is 0.240. The van der Waals surface area contributed by atoms with Gasteiger partial charge in [-0.15, -0.1) is 0 Å². The molecule has 152 valence electrons. The molecule has 30 heavy (non-hydrogen) atoms. The topological polar surface area (TPSA) is 80.9 Å². The van der Waals surface area contributed by atoms with Crippen molar-refractivity contribution in [3.05, 3.63) is 71.0 Å². The van der Waals surface area contributed by atoms with E-state index in [2.05, 4.69) is 5.32 Å². The lowest BCUT2D eigenvalue weighted by atomic mass is 9.91. The Balaban J connectivity index is 1.76. The Kier molecular flexibility index (Phi) is 5.61. The van der Waals surface area contributed by atoms with Crippen LogP contribution in [0, 0.1) is 5.92 Å².